The first-order chi connectivity index (χ1) is 32.8. The van der Waals surface area contributed by atoms with Crippen LogP contribution in [0, 0.1) is 17.8 Å². The van der Waals surface area contributed by atoms with Crippen LogP contribution in [0.15, 0.2) is 60.7 Å². The number of hydrogen-bond acceptors (Lipinski definition) is 10. The van der Waals surface area contributed by atoms with E-state index in [1.807, 2.05) is 68.5 Å². The minimum Gasteiger partial charge on any atom is -0.444 e. The second-order valence-electron chi connectivity index (χ2n) is 20.5. The standard InChI is InChI=1S/C52H78N10O7/c1-33(2)31-37(57-50(68)69-51(5,6)7)24-23-36(32-35-17-10-9-11-18-35)48(67)62-30-14-22-41(62)46(65)60-42(34(3)4)47(66)58-40(21-13-26-53)45(64)55-28-16-27-54-44(63)38-19-12-20-39-43(38)61-49(59-39)52(8)25-15-29-56-52/h9-12,17-20,23-24,33-34,36-37,40-42,56H,13-16,21-22,25-32,53H2,1-8H3,(H,54,63)(H,55,64)(H,57,68)(H,58,66)(H,59,61)(H,60,65)/b24-23+. The molecule has 17 heteroatoms. The van der Waals surface area contributed by atoms with Crippen LogP contribution in [0.3, 0.4) is 0 Å². The monoisotopic (exact) mass is 955 g/mol. The zero-order valence-corrected chi connectivity index (χ0v) is 42.0. The molecule has 5 rings (SSSR count). The van der Waals surface area contributed by atoms with Gasteiger partial charge in [0.2, 0.25) is 23.6 Å². The van der Waals surface area contributed by atoms with Crippen molar-refractivity contribution in [3.63, 3.8) is 0 Å². The van der Waals surface area contributed by atoms with E-state index < -0.39 is 59.5 Å². The van der Waals surface area contributed by atoms with E-state index in [2.05, 4.69) is 57.7 Å². The summed E-state index contributed by atoms with van der Waals surface area (Å²) in [5.41, 5.74) is 7.67. The Morgan fingerprint density at radius 3 is 2.32 bits per heavy atom. The molecule has 0 spiro atoms. The van der Waals surface area contributed by atoms with Crippen molar-refractivity contribution in [3.05, 3.63) is 77.6 Å². The molecule has 0 saturated carbocycles. The van der Waals surface area contributed by atoms with E-state index >= 15 is 0 Å². The third kappa shape index (κ3) is 15.9. The van der Waals surface area contributed by atoms with E-state index in [0.717, 1.165) is 36.3 Å². The van der Waals surface area contributed by atoms with Crippen molar-refractivity contribution in [2.75, 3.05) is 32.7 Å². The summed E-state index contributed by atoms with van der Waals surface area (Å²) in [6.07, 6.45) is 8.32. The number of para-hydroxylation sites is 1. The van der Waals surface area contributed by atoms with Gasteiger partial charge in [-0.1, -0.05) is 76.2 Å². The van der Waals surface area contributed by atoms with Crippen molar-refractivity contribution >= 4 is 46.7 Å². The average Bonchev–Trinajstić information content (AvgIpc) is 4.08. The molecule has 378 valence electrons. The Labute approximate surface area is 408 Å². The number of rotatable bonds is 23. The van der Waals surface area contributed by atoms with Crippen molar-refractivity contribution in [2.24, 2.45) is 23.5 Å². The molecule has 3 aromatic rings. The van der Waals surface area contributed by atoms with Crippen molar-refractivity contribution in [1.29, 1.82) is 0 Å². The SMILES string of the molecule is CC(C)CC(/C=C/C(Cc1ccccc1)C(=O)N1CCCC1C(=O)NC(C(=O)NC(CCCN)C(=O)NCCCNC(=O)c1cccc2[nH]c(C3(C)CCCN3)nc12)C(C)C)NC(=O)OC(C)(C)C. The number of aromatic nitrogens is 2. The fraction of sp³-hybridized carbons (Fsp3) is 0.596. The fourth-order valence-corrected chi connectivity index (χ4v) is 8.97. The van der Waals surface area contributed by atoms with Gasteiger partial charge in [-0.2, -0.15) is 0 Å². The lowest BCUT2D eigenvalue weighted by Crippen LogP contribution is -2.58. The van der Waals surface area contributed by atoms with Crippen LogP contribution in [0.4, 0.5) is 4.79 Å². The second-order valence-corrected chi connectivity index (χ2v) is 20.5. The van der Waals surface area contributed by atoms with Crippen LogP contribution in [-0.2, 0) is 35.9 Å². The molecule has 2 aromatic carbocycles. The minimum absolute atomic E-state index is 0.229. The number of ether oxygens (including phenoxy) is 1. The first-order valence-corrected chi connectivity index (χ1v) is 24.9. The highest BCUT2D eigenvalue weighted by Crippen LogP contribution is 2.31. The summed E-state index contributed by atoms with van der Waals surface area (Å²) >= 11 is 0. The van der Waals surface area contributed by atoms with Crippen LogP contribution < -0.4 is 37.6 Å². The van der Waals surface area contributed by atoms with Crippen LogP contribution in [0.2, 0.25) is 0 Å². The Kier molecular flexibility index (Phi) is 19.7. The minimum atomic E-state index is -0.999. The second kappa shape index (κ2) is 25.2. The largest absolute Gasteiger partial charge is 0.444 e. The number of hydrogen-bond donors (Lipinski definition) is 8. The summed E-state index contributed by atoms with van der Waals surface area (Å²) in [5, 5.41) is 18.1. The summed E-state index contributed by atoms with van der Waals surface area (Å²) in [7, 11) is 0. The molecule has 2 fully saturated rings. The van der Waals surface area contributed by atoms with Gasteiger partial charge < -0.3 is 52.3 Å². The molecule has 0 radical (unpaired) electrons. The fourth-order valence-electron chi connectivity index (χ4n) is 8.97. The normalized spacial score (nSPS) is 19.1. The number of nitrogens with zero attached hydrogens (tertiary/aromatic N) is 2. The van der Waals surface area contributed by atoms with Crippen molar-refractivity contribution < 1.29 is 33.5 Å². The van der Waals surface area contributed by atoms with Crippen LogP contribution in [-0.4, -0.2) is 113 Å². The molecule has 6 amide bonds. The molecule has 6 atom stereocenters. The van der Waals surface area contributed by atoms with Crippen molar-refractivity contribution in [3.8, 4) is 0 Å². The highest BCUT2D eigenvalue weighted by atomic mass is 16.6. The Morgan fingerprint density at radius 1 is 0.913 bits per heavy atom. The molecule has 2 aliphatic heterocycles. The number of amides is 6. The highest BCUT2D eigenvalue weighted by molar-refractivity contribution is 6.05. The van der Waals surface area contributed by atoms with Crippen molar-refractivity contribution in [1.82, 2.24) is 46.8 Å². The molecule has 17 nitrogen and oxygen atoms in total. The zero-order chi connectivity index (χ0) is 50.3. The van der Waals surface area contributed by atoms with Gasteiger partial charge in [0.25, 0.3) is 5.91 Å². The molecular weight excluding hydrogens is 877 g/mol. The predicted molar refractivity (Wildman–Crippen MR) is 268 cm³/mol. The lowest BCUT2D eigenvalue weighted by atomic mass is 9.94. The first kappa shape index (κ1) is 54.1. The topological polar surface area (TPSA) is 242 Å². The first-order valence-electron chi connectivity index (χ1n) is 24.9. The Hall–Kier alpha value is -5.81. The van der Waals surface area contributed by atoms with Gasteiger partial charge in [-0.15, -0.1) is 0 Å². The third-order valence-electron chi connectivity index (χ3n) is 12.6. The zero-order valence-electron chi connectivity index (χ0n) is 42.0. The molecule has 3 heterocycles. The lowest BCUT2D eigenvalue weighted by molar-refractivity contribution is -0.141. The van der Waals surface area contributed by atoms with Crippen LogP contribution in [0.25, 0.3) is 11.0 Å². The molecule has 2 aliphatic rings. The van der Waals surface area contributed by atoms with Crippen LogP contribution >= 0.6 is 0 Å². The van der Waals surface area contributed by atoms with E-state index in [1.165, 1.54) is 0 Å². The van der Waals surface area contributed by atoms with E-state index in [4.69, 9.17) is 15.5 Å². The maximum Gasteiger partial charge on any atom is 0.408 e. The molecular formula is C52H78N10O7. The average molecular weight is 955 g/mol. The quantitative estimate of drug-likeness (QED) is 0.0462. The van der Waals surface area contributed by atoms with Crippen molar-refractivity contribution in [2.45, 2.75) is 148 Å². The third-order valence-corrected chi connectivity index (χ3v) is 12.6. The van der Waals surface area contributed by atoms with E-state index in [1.54, 1.807) is 31.7 Å². The lowest BCUT2D eigenvalue weighted by Gasteiger charge is -2.30. The maximum absolute atomic E-state index is 14.5. The number of benzene rings is 2. The van der Waals surface area contributed by atoms with E-state index in [0.29, 0.717) is 69.2 Å². The Bertz CT molecular complexity index is 2230. The molecule has 9 N–H and O–H groups in total. The smallest absolute Gasteiger partial charge is 0.408 e. The number of imidazole rings is 1. The van der Waals surface area contributed by atoms with E-state index in [9.17, 15) is 28.8 Å². The number of likely N-dealkylation sites (tertiary alicyclic amines) is 1. The number of fused-ring (bicyclic) bond motifs is 1. The number of alkyl carbamates (subject to hydrolysis) is 1. The van der Waals surface area contributed by atoms with Gasteiger partial charge >= 0.3 is 6.09 Å². The van der Waals surface area contributed by atoms with Gasteiger partial charge in [0, 0.05) is 19.6 Å². The van der Waals surface area contributed by atoms with Gasteiger partial charge in [-0.05, 0) is 128 Å². The number of carbonyl (C=O) groups is 6. The summed E-state index contributed by atoms with van der Waals surface area (Å²) < 4.78 is 5.53. The number of nitrogens with one attached hydrogen (secondary N) is 7. The highest BCUT2D eigenvalue weighted by Gasteiger charge is 2.39. The molecule has 69 heavy (non-hydrogen) atoms. The summed E-state index contributed by atoms with van der Waals surface area (Å²) in [5.74, 6) is -1.83. The number of aromatic amines is 1. The molecule has 2 saturated heterocycles. The van der Waals surface area contributed by atoms with E-state index in [-0.39, 0.29) is 42.2 Å². The maximum atomic E-state index is 14.5. The van der Waals surface area contributed by atoms with Crippen LogP contribution in [0.5, 0.6) is 0 Å². The Morgan fingerprint density at radius 2 is 1.65 bits per heavy atom. The molecule has 0 aliphatic carbocycles. The summed E-state index contributed by atoms with van der Waals surface area (Å²) in [6, 6.07) is 12.0. The number of H-pyrrole nitrogens is 1. The van der Waals surface area contributed by atoms with Gasteiger partial charge in [0.05, 0.1) is 28.6 Å². The summed E-state index contributed by atoms with van der Waals surface area (Å²) in [4.78, 5) is 92.1. The van der Waals surface area contributed by atoms with Crippen LogP contribution in [0.1, 0.15) is 129 Å². The number of carbonyl (C=O) groups excluding carboxylic acids is 6. The van der Waals surface area contributed by atoms with Gasteiger partial charge in [0.15, 0.2) is 0 Å². The Balaban J connectivity index is 1.19. The molecule has 0 bridgehead atoms. The van der Waals surface area contributed by atoms with Gasteiger partial charge in [0.1, 0.15) is 35.1 Å². The summed E-state index contributed by atoms with van der Waals surface area (Å²) in [6.45, 7) is 17.4. The molecule has 6 unspecified atom stereocenters. The number of nitrogens with two attached hydrogens (primary N) is 1. The van der Waals surface area contributed by atoms with Gasteiger partial charge in [-0.25, -0.2) is 9.78 Å². The molecule has 1 aromatic heterocycles. The predicted octanol–water partition coefficient (Wildman–Crippen LogP) is 5.11. The van der Waals surface area contributed by atoms with Gasteiger partial charge in [-0.3, -0.25) is 24.0 Å².